The SMILES string of the molecule is COc1cc2c(cc1OC)[C@@H](/C=C/c1ccccc1)N1CCc3cc(OC)c(OC)cc3[C@H]1C2. The molecule has 0 amide bonds. The van der Waals surface area contributed by atoms with Crippen molar-refractivity contribution in [3.63, 3.8) is 0 Å². The number of nitrogens with zero attached hydrogens (tertiary/aromatic N) is 1. The van der Waals surface area contributed by atoms with E-state index in [1.54, 1.807) is 28.4 Å². The third-order valence-electron chi connectivity index (χ3n) is 7.05. The number of rotatable bonds is 6. The van der Waals surface area contributed by atoms with E-state index in [1.165, 1.54) is 27.8 Å². The fraction of sp³-hybridized carbons (Fsp3) is 0.310. The zero-order chi connectivity index (χ0) is 23.7. The molecule has 2 aliphatic heterocycles. The number of benzene rings is 3. The second kappa shape index (κ2) is 9.43. The van der Waals surface area contributed by atoms with Gasteiger partial charge in [-0.15, -0.1) is 0 Å². The van der Waals surface area contributed by atoms with Gasteiger partial charge in [0, 0.05) is 12.6 Å². The van der Waals surface area contributed by atoms with E-state index < -0.39 is 0 Å². The summed E-state index contributed by atoms with van der Waals surface area (Å²) in [6, 6.07) is 19.4. The maximum absolute atomic E-state index is 5.66. The van der Waals surface area contributed by atoms with Gasteiger partial charge in [0.1, 0.15) is 0 Å². The Balaban J connectivity index is 1.63. The maximum atomic E-state index is 5.66. The summed E-state index contributed by atoms with van der Waals surface area (Å²) in [5, 5.41) is 0. The van der Waals surface area contributed by atoms with Crippen LogP contribution in [0, 0.1) is 0 Å². The molecule has 0 N–H and O–H groups in total. The van der Waals surface area contributed by atoms with Gasteiger partial charge in [0.15, 0.2) is 23.0 Å². The summed E-state index contributed by atoms with van der Waals surface area (Å²) in [5.41, 5.74) is 6.38. The van der Waals surface area contributed by atoms with Crippen LogP contribution in [-0.4, -0.2) is 39.9 Å². The highest BCUT2D eigenvalue weighted by molar-refractivity contribution is 5.57. The highest BCUT2D eigenvalue weighted by atomic mass is 16.5. The van der Waals surface area contributed by atoms with Crippen LogP contribution in [0.4, 0.5) is 0 Å². The summed E-state index contributed by atoms with van der Waals surface area (Å²) in [7, 11) is 6.78. The second-order valence-electron chi connectivity index (χ2n) is 8.73. The molecule has 5 nitrogen and oxygen atoms in total. The number of hydrogen-bond acceptors (Lipinski definition) is 5. The fourth-order valence-electron chi connectivity index (χ4n) is 5.36. The average Bonchev–Trinajstić information content (AvgIpc) is 2.89. The third-order valence-corrected chi connectivity index (χ3v) is 7.05. The Bertz CT molecular complexity index is 1200. The average molecular weight is 458 g/mol. The summed E-state index contributed by atoms with van der Waals surface area (Å²) >= 11 is 0. The van der Waals surface area contributed by atoms with Crippen molar-refractivity contribution in [3.8, 4) is 23.0 Å². The molecule has 34 heavy (non-hydrogen) atoms. The lowest BCUT2D eigenvalue weighted by atomic mass is 9.80. The standard InChI is InChI=1S/C29H31NO4/c1-31-26-15-20-12-13-30-24(11-10-19-8-6-5-7-9-19)23-18-29(34-4)27(32-2)16-21(23)14-25(30)22(20)17-28(26)33-3/h5-11,15-18,24-25H,12-14H2,1-4H3/b11-10+/t24-,25-/m1/s1. The Morgan fingerprint density at radius 2 is 1.32 bits per heavy atom. The molecule has 5 rings (SSSR count). The topological polar surface area (TPSA) is 40.2 Å². The monoisotopic (exact) mass is 457 g/mol. The lowest BCUT2D eigenvalue weighted by Gasteiger charge is -2.46. The molecule has 176 valence electrons. The number of fused-ring (bicyclic) bond motifs is 4. The van der Waals surface area contributed by atoms with E-state index in [4.69, 9.17) is 18.9 Å². The zero-order valence-corrected chi connectivity index (χ0v) is 20.2. The van der Waals surface area contributed by atoms with Crippen molar-refractivity contribution in [2.24, 2.45) is 0 Å². The lowest BCUT2D eigenvalue weighted by molar-refractivity contribution is 0.133. The van der Waals surface area contributed by atoms with Gasteiger partial charge in [-0.25, -0.2) is 0 Å². The summed E-state index contributed by atoms with van der Waals surface area (Å²) in [6.45, 7) is 0.963. The molecule has 3 aromatic carbocycles. The van der Waals surface area contributed by atoms with E-state index in [0.29, 0.717) is 0 Å². The summed E-state index contributed by atoms with van der Waals surface area (Å²) in [5.74, 6) is 3.10. The molecule has 0 saturated heterocycles. The van der Waals surface area contributed by atoms with Crippen LogP contribution in [0.5, 0.6) is 23.0 Å². The van der Waals surface area contributed by atoms with Crippen molar-refractivity contribution in [1.29, 1.82) is 0 Å². The third kappa shape index (κ3) is 3.90. The lowest BCUT2D eigenvalue weighted by Crippen LogP contribution is -2.42. The summed E-state index contributed by atoms with van der Waals surface area (Å²) in [4.78, 5) is 2.60. The van der Waals surface area contributed by atoms with Crippen molar-refractivity contribution in [2.75, 3.05) is 35.0 Å². The van der Waals surface area contributed by atoms with E-state index >= 15 is 0 Å². The van der Waals surface area contributed by atoms with Crippen molar-refractivity contribution >= 4 is 6.08 Å². The summed E-state index contributed by atoms with van der Waals surface area (Å²) in [6.07, 6.45) is 6.40. The number of methoxy groups -OCH3 is 4. The van der Waals surface area contributed by atoms with Crippen LogP contribution in [0.3, 0.4) is 0 Å². The molecule has 2 aliphatic rings. The van der Waals surface area contributed by atoms with Gasteiger partial charge in [-0.2, -0.15) is 0 Å². The van der Waals surface area contributed by atoms with Crippen molar-refractivity contribution in [3.05, 3.63) is 88.5 Å². The maximum Gasteiger partial charge on any atom is 0.161 e. The van der Waals surface area contributed by atoms with Gasteiger partial charge in [0.05, 0.1) is 34.5 Å². The molecule has 0 unspecified atom stereocenters. The van der Waals surface area contributed by atoms with E-state index in [0.717, 1.165) is 42.4 Å². The van der Waals surface area contributed by atoms with Crippen LogP contribution in [0.15, 0.2) is 60.7 Å². The van der Waals surface area contributed by atoms with Crippen LogP contribution in [-0.2, 0) is 12.8 Å². The Hall–Kier alpha value is -3.44. The van der Waals surface area contributed by atoms with E-state index in [9.17, 15) is 0 Å². The van der Waals surface area contributed by atoms with Crippen LogP contribution in [0.1, 0.15) is 39.9 Å². The van der Waals surface area contributed by atoms with Crippen LogP contribution in [0.2, 0.25) is 0 Å². The molecule has 0 saturated carbocycles. The Morgan fingerprint density at radius 3 is 1.97 bits per heavy atom. The predicted molar refractivity (Wildman–Crippen MR) is 134 cm³/mol. The van der Waals surface area contributed by atoms with E-state index in [1.807, 2.05) is 6.07 Å². The van der Waals surface area contributed by atoms with Gasteiger partial charge in [0.25, 0.3) is 0 Å². The first-order chi connectivity index (χ1) is 16.7. The normalized spacial score (nSPS) is 19.2. The van der Waals surface area contributed by atoms with Crippen LogP contribution >= 0.6 is 0 Å². The second-order valence-corrected chi connectivity index (χ2v) is 8.73. The fourth-order valence-corrected chi connectivity index (χ4v) is 5.36. The highest BCUT2D eigenvalue weighted by Crippen LogP contribution is 2.48. The molecule has 0 aromatic heterocycles. The molecular weight excluding hydrogens is 426 g/mol. The van der Waals surface area contributed by atoms with E-state index in [-0.39, 0.29) is 12.1 Å². The van der Waals surface area contributed by atoms with Gasteiger partial charge >= 0.3 is 0 Å². The van der Waals surface area contributed by atoms with Crippen LogP contribution < -0.4 is 18.9 Å². The minimum Gasteiger partial charge on any atom is -0.493 e. The molecule has 5 heteroatoms. The molecule has 2 heterocycles. The smallest absolute Gasteiger partial charge is 0.161 e. The van der Waals surface area contributed by atoms with Gasteiger partial charge in [-0.3, -0.25) is 4.90 Å². The Morgan fingerprint density at radius 1 is 0.735 bits per heavy atom. The van der Waals surface area contributed by atoms with Crippen LogP contribution in [0.25, 0.3) is 6.08 Å². The minimum atomic E-state index is 0.120. The zero-order valence-electron chi connectivity index (χ0n) is 20.2. The minimum absolute atomic E-state index is 0.120. The van der Waals surface area contributed by atoms with Gasteiger partial charge in [-0.05, 0) is 64.9 Å². The summed E-state index contributed by atoms with van der Waals surface area (Å²) < 4.78 is 22.5. The Kier molecular flexibility index (Phi) is 6.20. The molecule has 0 fully saturated rings. The molecule has 0 bridgehead atoms. The molecule has 0 spiro atoms. The molecule has 2 atom stereocenters. The number of hydrogen-bond donors (Lipinski definition) is 0. The Labute approximate surface area is 201 Å². The van der Waals surface area contributed by atoms with Crippen molar-refractivity contribution in [1.82, 2.24) is 4.90 Å². The molecule has 3 aromatic rings. The molecule has 0 radical (unpaired) electrons. The first-order valence-corrected chi connectivity index (χ1v) is 11.7. The highest BCUT2D eigenvalue weighted by Gasteiger charge is 2.38. The number of ether oxygens (including phenoxy) is 4. The van der Waals surface area contributed by atoms with Gasteiger partial charge < -0.3 is 18.9 Å². The molecular formula is C29H31NO4. The largest absolute Gasteiger partial charge is 0.493 e. The van der Waals surface area contributed by atoms with Gasteiger partial charge in [-0.1, -0.05) is 42.5 Å². The molecule has 0 aliphatic carbocycles. The predicted octanol–water partition coefficient (Wildman–Crippen LogP) is 5.63. The van der Waals surface area contributed by atoms with Crippen molar-refractivity contribution < 1.29 is 18.9 Å². The van der Waals surface area contributed by atoms with E-state index in [2.05, 4.69) is 65.6 Å². The quantitative estimate of drug-likeness (QED) is 0.480. The van der Waals surface area contributed by atoms with Crippen molar-refractivity contribution in [2.45, 2.75) is 24.9 Å². The first kappa shape index (κ1) is 22.4. The van der Waals surface area contributed by atoms with Gasteiger partial charge in [0.2, 0.25) is 0 Å². The first-order valence-electron chi connectivity index (χ1n) is 11.7.